The zero-order valence-electron chi connectivity index (χ0n) is 18.4. The monoisotopic (exact) mass is 479 g/mol. The van der Waals surface area contributed by atoms with Gasteiger partial charge >= 0.3 is 5.97 Å². The van der Waals surface area contributed by atoms with Crippen molar-refractivity contribution in [1.29, 1.82) is 0 Å². The third kappa shape index (κ3) is 4.60. The lowest BCUT2D eigenvalue weighted by atomic mass is 9.88. The minimum absolute atomic E-state index is 0.185. The maximum absolute atomic E-state index is 13.4. The van der Waals surface area contributed by atoms with Crippen molar-refractivity contribution < 1.29 is 28.5 Å². The van der Waals surface area contributed by atoms with Crippen molar-refractivity contribution >= 4 is 27.5 Å². The van der Waals surface area contributed by atoms with E-state index in [1.807, 2.05) is 6.07 Å². The van der Waals surface area contributed by atoms with E-state index >= 15 is 0 Å². The lowest BCUT2D eigenvalue weighted by Gasteiger charge is -2.30. The molecule has 1 N–H and O–H groups in total. The van der Waals surface area contributed by atoms with Crippen molar-refractivity contribution in [1.82, 2.24) is 4.98 Å². The summed E-state index contributed by atoms with van der Waals surface area (Å²) < 4.78 is 30.9. The molecule has 0 saturated carbocycles. The Bertz CT molecular complexity index is 1350. The van der Waals surface area contributed by atoms with Crippen LogP contribution in [0.2, 0.25) is 0 Å². The number of halogens is 1. The maximum Gasteiger partial charge on any atom is 0.337 e. The van der Waals surface area contributed by atoms with Gasteiger partial charge in [-0.3, -0.25) is 0 Å². The van der Waals surface area contributed by atoms with E-state index in [1.165, 1.54) is 30.6 Å². The molecule has 8 heteroatoms. The van der Waals surface area contributed by atoms with Crippen LogP contribution in [0.5, 0.6) is 11.5 Å². The number of aliphatic hydroxyl groups excluding tert-OH is 1. The van der Waals surface area contributed by atoms with E-state index in [0.717, 1.165) is 15.3 Å². The lowest BCUT2D eigenvalue weighted by Crippen LogP contribution is -2.27. The topological polar surface area (TPSA) is 77.9 Å². The Hall–Kier alpha value is -3.49. The number of esters is 1. The molecule has 6 nitrogen and oxygen atoms in total. The van der Waals surface area contributed by atoms with Crippen molar-refractivity contribution in [3.63, 3.8) is 0 Å². The molecule has 2 atom stereocenters. The predicted octanol–water partition coefficient (Wildman–Crippen LogP) is 5.09. The van der Waals surface area contributed by atoms with Crippen LogP contribution in [-0.2, 0) is 17.8 Å². The van der Waals surface area contributed by atoms with Crippen LogP contribution in [0.15, 0.2) is 60.7 Å². The number of aromatic nitrogens is 1. The van der Waals surface area contributed by atoms with Crippen molar-refractivity contribution in [3.05, 3.63) is 88.2 Å². The van der Waals surface area contributed by atoms with Gasteiger partial charge in [-0.1, -0.05) is 12.1 Å². The molecule has 0 unspecified atom stereocenters. The molecule has 0 saturated heterocycles. The Morgan fingerprint density at radius 1 is 1.21 bits per heavy atom. The van der Waals surface area contributed by atoms with Crippen LogP contribution in [0.3, 0.4) is 0 Å². The highest BCUT2D eigenvalue weighted by atomic mass is 32.1. The molecule has 2 heterocycles. The third-order valence-electron chi connectivity index (χ3n) is 5.80. The minimum Gasteiger partial charge on any atom is -0.493 e. The Kier molecular flexibility index (Phi) is 6.17. The van der Waals surface area contributed by atoms with Crippen LogP contribution in [-0.4, -0.2) is 29.8 Å². The summed E-state index contributed by atoms with van der Waals surface area (Å²) in [7, 11) is 1.35. The van der Waals surface area contributed by atoms with Crippen LogP contribution in [0.25, 0.3) is 10.2 Å². The molecule has 3 aromatic carbocycles. The Morgan fingerprint density at radius 3 is 2.94 bits per heavy atom. The first-order valence-electron chi connectivity index (χ1n) is 10.8. The Morgan fingerprint density at radius 2 is 2.09 bits per heavy atom. The van der Waals surface area contributed by atoms with Crippen molar-refractivity contribution in [3.8, 4) is 11.5 Å². The predicted molar refractivity (Wildman–Crippen MR) is 126 cm³/mol. The van der Waals surface area contributed by atoms with Gasteiger partial charge in [0.15, 0.2) is 0 Å². The highest BCUT2D eigenvalue weighted by Crippen LogP contribution is 2.39. The van der Waals surface area contributed by atoms with Crippen molar-refractivity contribution in [2.24, 2.45) is 5.92 Å². The van der Waals surface area contributed by atoms with Crippen molar-refractivity contribution in [2.45, 2.75) is 19.1 Å². The molecule has 1 aliphatic rings. The largest absolute Gasteiger partial charge is 0.493 e. The zero-order valence-corrected chi connectivity index (χ0v) is 19.2. The summed E-state index contributed by atoms with van der Waals surface area (Å²) >= 11 is 1.45. The molecule has 0 fully saturated rings. The summed E-state index contributed by atoms with van der Waals surface area (Å²) in [6.45, 7) is 0.597. The number of carbonyl (C=O) groups is 1. The van der Waals surface area contributed by atoms with E-state index < -0.39 is 12.1 Å². The molecule has 4 aromatic rings. The standard InChI is InChI=1S/C26H22FNO5S/c1-31-26(30)16-4-2-3-15(9-16)10-17-13-33-22-7-6-19(12-20(22)25(17)29)32-14-24-28-21-11-18(27)5-8-23(21)34-24/h2-9,11-12,17,25,29H,10,13-14H2,1H3/t17-,25-/m0/s1. The fourth-order valence-corrected chi connectivity index (χ4v) is 4.95. The second kappa shape index (κ2) is 9.40. The number of nitrogens with zero attached hydrogens (tertiary/aromatic N) is 1. The number of methoxy groups -OCH3 is 1. The van der Waals surface area contributed by atoms with Crippen LogP contribution in [0.4, 0.5) is 4.39 Å². The molecule has 1 aliphatic heterocycles. The SMILES string of the molecule is COC(=O)c1cccc(C[C@H]2COc3ccc(OCc4nc5cc(F)ccc5s4)cc3[C@H]2O)c1. The van der Waals surface area contributed by atoms with Gasteiger partial charge in [0.25, 0.3) is 0 Å². The second-order valence-electron chi connectivity index (χ2n) is 8.12. The summed E-state index contributed by atoms with van der Waals surface area (Å²) in [5, 5.41) is 11.8. The fourth-order valence-electron chi connectivity index (χ4n) is 4.09. The number of hydrogen-bond acceptors (Lipinski definition) is 7. The normalized spacial score (nSPS) is 17.1. The first-order chi connectivity index (χ1) is 16.5. The van der Waals surface area contributed by atoms with Gasteiger partial charge in [0.05, 0.1) is 35.6 Å². The summed E-state index contributed by atoms with van der Waals surface area (Å²) in [4.78, 5) is 16.2. The van der Waals surface area contributed by atoms with Gasteiger partial charge in [0.1, 0.15) is 28.9 Å². The zero-order chi connectivity index (χ0) is 23.7. The number of hydrogen-bond donors (Lipinski definition) is 1. The van der Waals surface area contributed by atoms with Gasteiger partial charge in [-0.05, 0) is 54.4 Å². The van der Waals surface area contributed by atoms with E-state index in [0.29, 0.717) is 41.2 Å². The molecule has 34 heavy (non-hydrogen) atoms. The van der Waals surface area contributed by atoms with Gasteiger partial charge in [-0.25, -0.2) is 14.2 Å². The summed E-state index contributed by atoms with van der Waals surface area (Å²) in [6, 6.07) is 17.1. The van der Waals surface area contributed by atoms with Gasteiger partial charge in [-0.15, -0.1) is 11.3 Å². The molecule has 0 amide bonds. The average molecular weight is 480 g/mol. The minimum atomic E-state index is -0.750. The van der Waals surface area contributed by atoms with Crippen LogP contribution < -0.4 is 9.47 Å². The average Bonchev–Trinajstić information content (AvgIpc) is 3.26. The molecule has 174 valence electrons. The van der Waals surface area contributed by atoms with Crippen LogP contribution >= 0.6 is 11.3 Å². The van der Waals surface area contributed by atoms with Gasteiger partial charge in [0.2, 0.25) is 0 Å². The maximum atomic E-state index is 13.4. The number of thiazole rings is 1. The van der Waals surface area contributed by atoms with Gasteiger partial charge in [0, 0.05) is 17.5 Å². The van der Waals surface area contributed by atoms with Gasteiger partial charge < -0.3 is 19.3 Å². The molecule has 0 bridgehead atoms. The summed E-state index contributed by atoms with van der Waals surface area (Å²) in [5.41, 5.74) is 2.65. The summed E-state index contributed by atoms with van der Waals surface area (Å²) in [5.74, 6) is 0.304. The molecule has 0 radical (unpaired) electrons. The van der Waals surface area contributed by atoms with E-state index in [1.54, 1.807) is 42.5 Å². The number of ether oxygens (including phenoxy) is 3. The third-order valence-corrected chi connectivity index (χ3v) is 6.81. The molecule has 0 aliphatic carbocycles. The Labute approximate surface area is 199 Å². The molecular weight excluding hydrogens is 457 g/mol. The van der Waals surface area contributed by atoms with E-state index in [9.17, 15) is 14.3 Å². The second-order valence-corrected chi connectivity index (χ2v) is 9.24. The van der Waals surface area contributed by atoms with E-state index in [2.05, 4.69) is 4.98 Å². The van der Waals surface area contributed by atoms with Crippen molar-refractivity contribution in [2.75, 3.05) is 13.7 Å². The molecular formula is C26H22FNO5S. The van der Waals surface area contributed by atoms with Crippen LogP contribution in [0, 0.1) is 11.7 Å². The van der Waals surface area contributed by atoms with Gasteiger partial charge in [-0.2, -0.15) is 0 Å². The molecule has 5 rings (SSSR count). The first kappa shape index (κ1) is 22.3. The number of fused-ring (bicyclic) bond motifs is 2. The first-order valence-corrected chi connectivity index (χ1v) is 11.6. The number of carbonyl (C=O) groups excluding carboxylic acids is 1. The quantitative estimate of drug-likeness (QED) is 0.389. The van der Waals surface area contributed by atoms with E-state index in [-0.39, 0.29) is 18.3 Å². The lowest BCUT2D eigenvalue weighted by molar-refractivity contribution is 0.0504. The number of aliphatic hydroxyl groups is 1. The highest BCUT2D eigenvalue weighted by Gasteiger charge is 2.30. The van der Waals surface area contributed by atoms with Crippen LogP contribution in [0.1, 0.15) is 32.6 Å². The Balaban J connectivity index is 1.29. The van der Waals surface area contributed by atoms with E-state index in [4.69, 9.17) is 14.2 Å². The molecule has 1 aromatic heterocycles. The number of rotatable bonds is 6. The smallest absolute Gasteiger partial charge is 0.337 e. The number of benzene rings is 3. The molecule has 0 spiro atoms. The highest BCUT2D eigenvalue weighted by molar-refractivity contribution is 7.18. The fraction of sp³-hybridized carbons (Fsp3) is 0.231. The summed E-state index contributed by atoms with van der Waals surface area (Å²) in [6.07, 6.45) is -0.210.